The Labute approximate surface area is 176 Å². The van der Waals surface area contributed by atoms with Crippen LogP contribution in [0.5, 0.6) is 0 Å². The van der Waals surface area contributed by atoms with Gasteiger partial charge in [0.05, 0.1) is 17.6 Å². The van der Waals surface area contributed by atoms with E-state index in [0.29, 0.717) is 32.0 Å². The van der Waals surface area contributed by atoms with Crippen LogP contribution >= 0.6 is 0 Å². The SMILES string of the molecule is CC(C)CN1CCN2C(=O)[C@H](C)N(C(=O)CCc3nc4ccccc4[nH]3)C[C@H]2C1=O. The van der Waals surface area contributed by atoms with Crippen LogP contribution in [0.25, 0.3) is 11.0 Å². The van der Waals surface area contributed by atoms with Gasteiger partial charge in [-0.15, -0.1) is 0 Å². The fourth-order valence-electron chi connectivity index (χ4n) is 4.43. The number of aryl methyl sites for hydroxylation is 1. The number of imidazole rings is 1. The molecule has 2 aliphatic rings. The lowest BCUT2D eigenvalue weighted by atomic mass is 10.0. The van der Waals surface area contributed by atoms with Crippen molar-refractivity contribution in [3.05, 3.63) is 30.1 Å². The number of para-hydroxylation sites is 2. The number of amides is 3. The van der Waals surface area contributed by atoms with Gasteiger partial charge in [-0.3, -0.25) is 14.4 Å². The van der Waals surface area contributed by atoms with Gasteiger partial charge in [0, 0.05) is 32.5 Å². The number of rotatable bonds is 5. The lowest BCUT2D eigenvalue weighted by molar-refractivity contribution is -0.165. The van der Waals surface area contributed by atoms with E-state index in [1.807, 2.05) is 29.2 Å². The Morgan fingerprint density at radius 2 is 1.97 bits per heavy atom. The molecule has 0 saturated carbocycles. The standard InChI is InChI=1S/C22H29N5O3/c1-14(2)12-25-10-11-26-18(22(25)30)13-27(15(3)21(26)29)20(28)9-8-19-23-16-6-4-5-7-17(16)24-19/h4-7,14-15,18H,8-13H2,1-3H3,(H,23,24)/t15-,18-/m0/s1. The van der Waals surface area contributed by atoms with Gasteiger partial charge in [-0.05, 0) is 25.0 Å². The molecule has 0 spiro atoms. The smallest absolute Gasteiger partial charge is 0.247 e. The van der Waals surface area contributed by atoms with Gasteiger partial charge in [0.2, 0.25) is 17.7 Å². The van der Waals surface area contributed by atoms with Crippen molar-refractivity contribution in [3.63, 3.8) is 0 Å². The van der Waals surface area contributed by atoms with E-state index in [1.165, 1.54) is 0 Å². The number of aromatic nitrogens is 2. The Morgan fingerprint density at radius 3 is 2.70 bits per heavy atom. The summed E-state index contributed by atoms with van der Waals surface area (Å²) in [6.07, 6.45) is 0.709. The number of hydrogen-bond acceptors (Lipinski definition) is 4. The highest BCUT2D eigenvalue weighted by Gasteiger charge is 2.46. The van der Waals surface area contributed by atoms with Crippen molar-refractivity contribution < 1.29 is 14.4 Å². The van der Waals surface area contributed by atoms with Crippen LogP contribution in [-0.4, -0.2) is 80.7 Å². The summed E-state index contributed by atoms with van der Waals surface area (Å²) >= 11 is 0. The average molecular weight is 412 g/mol. The van der Waals surface area contributed by atoms with Crippen molar-refractivity contribution in [2.24, 2.45) is 5.92 Å². The van der Waals surface area contributed by atoms with E-state index in [0.717, 1.165) is 16.9 Å². The number of carbonyl (C=O) groups is 3. The number of nitrogens with one attached hydrogen (secondary N) is 1. The first-order valence-corrected chi connectivity index (χ1v) is 10.7. The zero-order valence-corrected chi connectivity index (χ0v) is 17.8. The number of H-pyrrole nitrogens is 1. The average Bonchev–Trinajstić information content (AvgIpc) is 3.13. The summed E-state index contributed by atoms with van der Waals surface area (Å²) in [4.78, 5) is 51.6. The highest BCUT2D eigenvalue weighted by molar-refractivity contribution is 5.95. The van der Waals surface area contributed by atoms with Crippen LogP contribution in [0.2, 0.25) is 0 Å². The molecule has 1 aromatic carbocycles. The van der Waals surface area contributed by atoms with Crippen LogP contribution in [0.1, 0.15) is 33.0 Å². The Bertz CT molecular complexity index is 936. The van der Waals surface area contributed by atoms with Crippen molar-refractivity contribution in [2.45, 2.75) is 45.7 Å². The zero-order valence-electron chi connectivity index (χ0n) is 17.8. The van der Waals surface area contributed by atoms with E-state index in [1.54, 1.807) is 16.7 Å². The molecular weight excluding hydrogens is 382 g/mol. The van der Waals surface area contributed by atoms with Crippen LogP contribution in [-0.2, 0) is 20.8 Å². The molecule has 1 N–H and O–H groups in total. The third-order valence-electron chi connectivity index (χ3n) is 5.98. The normalized spacial score (nSPS) is 22.2. The summed E-state index contributed by atoms with van der Waals surface area (Å²) in [6, 6.07) is 6.62. The van der Waals surface area contributed by atoms with Crippen molar-refractivity contribution >= 4 is 28.8 Å². The first kappa shape index (κ1) is 20.4. The van der Waals surface area contributed by atoms with Crippen molar-refractivity contribution in [1.82, 2.24) is 24.7 Å². The lowest BCUT2D eigenvalue weighted by Crippen LogP contribution is -2.70. The van der Waals surface area contributed by atoms with E-state index in [4.69, 9.17) is 0 Å². The Balaban J connectivity index is 1.44. The molecule has 3 heterocycles. The minimum absolute atomic E-state index is 0.0507. The quantitative estimate of drug-likeness (QED) is 0.806. The van der Waals surface area contributed by atoms with Crippen LogP contribution in [0.15, 0.2) is 24.3 Å². The van der Waals surface area contributed by atoms with E-state index < -0.39 is 12.1 Å². The number of aromatic amines is 1. The molecule has 2 fully saturated rings. The van der Waals surface area contributed by atoms with Gasteiger partial charge >= 0.3 is 0 Å². The summed E-state index contributed by atoms with van der Waals surface area (Å²) in [5.74, 6) is 0.801. The molecule has 160 valence electrons. The fraction of sp³-hybridized carbons (Fsp3) is 0.545. The van der Waals surface area contributed by atoms with Crippen molar-refractivity contribution in [1.29, 1.82) is 0 Å². The monoisotopic (exact) mass is 411 g/mol. The Morgan fingerprint density at radius 1 is 1.20 bits per heavy atom. The maximum Gasteiger partial charge on any atom is 0.247 e. The van der Waals surface area contributed by atoms with E-state index >= 15 is 0 Å². The third-order valence-corrected chi connectivity index (χ3v) is 5.98. The second kappa shape index (κ2) is 8.08. The van der Waals surface area contributed by atoms with Gasteiger partial charge < -0.3 is 19.7 Å². The topological polar surface area (TPSA) is 89.6 Å². The molecule has 4 rings (SSSR count). The number of benzene rings is 1. The summed E-state index contributed by atoms with van der Waals surface area (Å²) in [5, 5.41) is 0. The zero-order chi connectivity index (χ0) is 21.4. The molecule has 0 radical (unpaired) electrons. The molecular formula is C22H29N5O3. The molecule has 2 aliphatic heterocycles. The molecule has 30 heavy (non-hydrogen) atoms. The van der Waals surface area contributed by atoms with Gasteiger partial charge in [0.25, 0.3) is 0 Å². The maximum absolute atomic E-state index is 13.0. The van der Waals surface area contributed by atoms with E-state index in [-0.39, 0.29) is 30.7 Å². The molecule has 8 heteroatoms. The fourth-order valence-corrected chi connectivity index (χ4v) is 4.43. The molecule has 0 aliphatic carbocycles. The van der Waals surface area contributed by atoms with Crippen molar-refractivity contribution in [3.8, 4) is 0 Å². The van der Waals surface area contributed by atoms with Crippen LogP contribution in [0.4, 0.5) is 0 Å². The second-order valence-corrected chi connectivity index (χ2v) is 8.65. The van der Waals surface area contributed by atoms with Gasteiger partial charge in [-0.25, -0.2) is 4.98 Å². The molecule has 2 aromatic rings. The van der Waals surface area contributed by atoms with Crippen LogP contribution in [0, 0.1) is 5.92 Å². The number of fused-ring (bicyclic) bond motifs is 2. The summed E-state index contributed by atoms with van der Waals surface area (Å²) < 4.78 is 0. The van der Waals surface area contributed by atoms with E-state index in [9.17, 15) is 14.4 Å². The van der Waals surface area contributed by atoms with E-state index in [2.05, 4.69) is 23.8 Å². The minimum atomic E-state index is -0.573. The summed E-state index contributed by atoms with van der Waals surface area (Å²) in [7, 11) is 0. The van der Waals surface area contributed by atoms with Gasteiger partial charge in [0.1, 0.15) is 17.9 Å². The first-order valence-electron chi connectivity index (χ1n) is 10.7. The summed E-state index contributed by atoms with van der Waals surface area (Å²) in [5.41, 5.74) is 1.81. The van der Waals surface area contributed by atoms with Gasteiger partial charge in [-0.1, -0.05) is 26.0 Å². The number of hydrogen-bond donors (Lipinski definition) is 1. The predicted octanol–water partition coefficient (Wildman–Crippen LogP) is 1.42. The molecule has 1 aromatic heterocycles. The lowest BCUT2D eigenvalue weighted by Gasteiger charge is -2.48. The highest BCUT2D eigenvalue weighted by atomic mass is 16.2. The predicted molar refractivity (Wildman–Crippen MR) is 113 cm³/mol. The summed E-state index contributed by atoms with van der Waals surface area (Å²) in [6.45, 7) is 7.93. The number of nitrogens with zero attached hydrogens (tertiary/aromatic N) is 4. The van der Waals surface area contributed by atoms with Crippen LogP contribution < -0.4 is 0 Å². The molecule has 3 amide bonds. The van der Waals surface area contributed by atoms with Crippen LogP contribution in [0.3, 0.4) is 0 Å². The van der Waals surface area contributed by atoms with Crippen molar-refractivity contribution in [2.75, 3.05) is 26.2 Å². The Hall–Kier alpha value is -2.90. The first-order chi connectivity index (χ1) is 14.3. The second-order valence-electron chi connectivity index (χ2n) is 8.65. The van der Waals surface area contributed by atoms with Gasteiger partial charge in [0.15, 0.2) is 0 Å². The molecule has 2 saturated heterocycles. The minimum Gasteiger partial charge on any atom is -0.342 e. The maximum atomic E-state index is 13.0. The third kappa shape index (κ3) is 3.78. The highest BCUT2D eigenvalue weighted by Crippen LogP contribution is 2.23. The molecule has 0 bridgehead atoms. The number of piperazine rings is 2. The molecule has 2 atom stereocenters. The number of carbonyl (C=O) groups excluding carboxylic acids is 3. The molecule has 8 nitrogen and oxygen atoms in total. The largest absolute Gasteiger partial charge is 0.342 e. The van der Waals surface area contributed by atoms with Gasteiger partial charge in [-0.2, -0.15) is 0 Å². The Kier molecular flexibility index (Phi) is 5.49. The molecule has 0 unspecified atom stereocenters.